The molecular weight excluding hydrogens is 255 g/mol. The SMILES string of the molecule is C=CCCCC(C(=O)NC(F)(F)F)c1ccccc1. The third kappa shape index (κ3) is 5.59. The van der Waals surface area contributed by atoms with Gasteiger partial charge < -0.3 is 0 Å². The van der Waals surface area contributed by atoms with Crippen molar-refractivity contribution in [1.82, 2.24) is 5.32 Å². The van der Waals surface area contributed by atoms with Crippen molar-refractivity contribution in [1.29, 1.82) is 0 Å². The molecule has 0 radical (unpaired) electrons. The fourth-order valence-corrected chi connectivity index (χ4v) is 1.83. The molecule has 1 aromatic carbocycles. The van der Waals surface area contributed by atoms with Gasteiger partial charge in [-0.05, 0) is 24.8 Å². The summed E-state index contributed by atoms with van der Waals surface area (Å²) in [6.45, 7) is 3.55. The normalized spacial score (nSPS) is 12.8. The van der Waals surface area contributed by atoms with Gasteiger partial charge in [0.15, 0.2) is 0 Å². The number of halogens is 3. The second kappa shape index (κ2) is 6.97. The maximum Gasteiger partial charge on any atom is 0.484 e. The predicted molar refractivity (Wildman–Crippen MR) is 67.4 cm³/mol. The van der Waals surface area contributed by atoms with Crippen molar-refractivity contribution in [2.75, 3.05) is 0 Å². The van der Waals surface area contributed by atoms with E-state index in [2.05, 4.69) is 6.58 Å². The van der Waals surface area contributed by atoms with Crippen LogP contribution in [-0.4, -0.2) is 12.2 Å². The number of unbranched alkanes of at least 4 members (excludes halogenated alkanes) is 1. The van der Waals surface area contributed by atoms with Gasteiger partial charge in [0, 0.05) is 0 Å². The molecule has 1 rings (SSSR count). The number of nitrogens with one attached hydrogen (secondary N) is 1. The van der Waals surface area contributed by atoms with Gasteiger partial charge >= 0.3 is 6.30 Å². The molecule has 0 fully saturated rings. The zero-order chi connectivity index (χ0) is 14.3. The summed E-state index contributed by atoms with van der Waals surface area (Å²) in [5.74, 6) is -1.80. The smallest absolute Gasteiger partial charge is 0.274 e. The van der Waals surface area contributed by atoms with Crippen LogP contribution in [0.1, 0.15) is 30.7 Å². The third-order valence-electron chi connectivity index (χ3n) is 2.68. The highest BCUT2D eigenvalue weighted by molar-refractivity contribution is 5.83. The molecule has 2 nitrogen and oxygen atoms in total. The maximum absolute atomic E-state index is 12.2. The van der Waals surface area contributed by atoms with Gasteiger partial charge in [0.25, 0.3) is 0 Å². The quantitative estimate of drug-likeness (QED) is 0.476. The molecule has 1 unspecified atom stereocenters. The third-order valence-corrected chi connectivity index (χ3v) is 2.68. The molecule has 1 aromatic rings. The number of alkyl halides is 3. The Bertz CT molecular complexity index is 414. The number of rotatable bonds is 6. The first-order valence-corrected chi connectivity index (χ1v) is 5.98. The van der Waals surface area contributed by atoms with Crippen LogP contribution in [0.5, 0.6) is 0 Å². The van der Waals surface area contributed by atoms with Crippen molar-refractivity contribution < 1.29 is 18.0 Å². The summed E-state index contributed by atoms with van der Waals surface area (Å²) in [6.07, 6.45) is -1.36. The largest absolute Gasteiger partial charge is 0.484 e. The van der Waals surface area contributed by atoms with Gasteiger partial charge in [0.1, 0.15) is 0 Å². The second-order valence-electron chi connectivity index (χ2n) is 4.17. The van der Waals surface area contributed by atoms with Crippen LogP contribution in [0, 0.1) is 0 Å². The van der Waals surface area contributed by atoms with Crippen LogP contribution in [0.2, 0.25) is 0 Å². The first-order chi connectivity index (χ1) is 8.94. The van der Waals surface area contributed by atoms with Crippen LogP contribution >= 0.6 is 0 Å². The van der Waals surface area contributed by atoms with Crippen molar-refractivity contribution in [3.63, 3.8) is 0 Å². The number of carbonyl (C=O) groups excluding carboxylic acids is 1. The summed E-state index contributed by atoms with van der Waals surface area (Å²) in [6, 6.07) is 8.49. The monoisotopic (exact) mass is 271 g/mol. The van der Waals surface area contributed by atoms with Gasteiger partial charge in [-0.2, -0.15) is 13.2 Å². The Balaban J connectivity index is 2.80. The molecule has 0 saturated heterocycles. The number of hydrogen-bond acceptors (Lipinski definition) is 1. The number of hydrogen-bond donors (Lipinski definition) is 1. The molecule has 0 aliphatic carbocycles. The van der Waals surface area contributed by atoms with Crippen molar-refractivity contribution in [2.45, 2.75) is 31.5 Å². The Morgan fingerprint density at radius 2 is 1.95 bits per heavy atom. The minimum Gasteiger partial charge on any atom is -0.274 e. The van der Waals surface area contributed by atoms with Gasteiger partial charge in [-0.15, -0.1) is 6.58 Å². The van der Waals surface area contributed by atoms with E-state index in [0.717, 1.165) is 5.32 Å². The van der Waals surface area contributed by atoms with Crippen molar-refractivity contribution in [3.8, 4) is 0 Å². The molecule has 1 N–H and O–H groups in total. The van der Waals surface area contributed by atoms with Crippen LogP contribution in [0.25, 0.3) is 0 Å². The first kappa shape index (κ1) is 15.3. The van der Waals surface area contributed by atoms with E-state index in [-0.39, 0.29) is 0 Å². The number of carbonyl (C=O) groups is 1. The lowest BCUT2D eigenvalue weighted by atomic mass is 9.92. The van der Waals surface area contributed by atoms with Crippen LogP contribution in [0.4, 0.5) is 13.2 Å². The van der Waals surface area contributed by atoms with E-state index in [1.54, 1.807) is 36.4 Å². The van der Waals surface area contributed by atoms with E-state index in [4.69, 9.17) is 0 Å². The molecule has 0 aromatic heterocycles. The lowest BCUT2D eigenvalue weighted by Gasteiger charge is -2.18. The summed E-state index contributed by atoms with van der Waals surface area (Å²) in [5.41, 5.74) is 0.591. The minimum absolute atomic E-state index is 0.359. The van der Waals surface area contributed by atoms with Gasteiger partial charge in [0.2, 0.25) is 5.91 Å². The Morgan fingerprint density at radius 3 is 2.47 bits per heavy atom. The topological polar surface area (TPSA) is 29.1 Å². The zero-order valence-electron chi connectivity index (χ0n) is 10.4. The predicted octanol–water partition coefficient (Wildman–Crippen LogP) is 3.76. The van der Waals surface area contributed by atoms with Crippen LogP contribution in [-0.2, 0) is 4.79 Å². The standard InChI is InChI=1S/C14H16F3NO/c1-2-3-5-10-12(11-8-6-4-7-9-11)13(19)18-14(15,16)17/h2,4,6-9,12H,1,3,5,10H2,(H,18,19). The van der Waals surface area contributed by atoms with Crippen LogP contribution in [0.3, 0.4) is 0 Å². The number of benzene rings is 1. The number of allylic oxidation sites excluding steroid dienone is 1. The molecule has 0 spiro atoms. The van der Waals surface area contributed by atoms with E-state index in [0.29, 0.717) is 24.8 Å². The fourth-order valence-electron chi connectivity index (χ4n) is 1.83. The Morgan fingerprint density at radius 1 is 1.32 bits per heavy atom. The Labute approximate surface area is 110 Å². The van der Waals surface area contributed by atoms with E-state index < -0.39 is 18.1 Å². The lowest BCUT2D eigenvalue weighted by molar-refractivity contribution is -0.170. The summed E-state index contributed by atoms with van der Waals surface area (Å²) in [7, 11) is 0. The molecule has 5 heteroatoms. The van der Waals surface area contributed by atoms with E-state index in [1.807, 2.05) is 0 Å². The summed E-state index contributed by atoms with van der Waals surface area (Å²) in [4.78, 5) is 11.7. The Hall–Kier alpha value is -1.78. The van der Waals surface area contributed by atoms with E-state index >= 15 is 0 Å². The molecule has 104 valence electrons. The lowest BCUT2D eigenvalue weighted by Crippen LogP contribution is -2.40. The van der Waals surface area contributed by atoms with Crippen molar-refractivity contribution >= 4 is 5.91 Å². The van der Waals surface area contributed by atoms with Gasteiger partial charge in [0.05, 0.1) is 5.92 Å². The Kier molecular flexibility index (Phi) is 5.60. The van der Waals surface area contributed by atoms with Crippen LogP contribution < -0.4 is 5.32 Å². The summed E-state index contributed by atoms with van der Waals surface area (Å²) in [5, 5.41) is 1.08. The average molecular weight is 271 g/mol. The molecule has 19 heavy (non-hydrogen) atoms. The average Bonchev–Trinajstić information content (AvgIpc) is 2.33. The molecule has 0 saturated carbocycles. The van der Waals surface area contributed by atoms with Crippen molar-refractivity contribution in [2.24, 2.45) is 0 Å². The van der Waals surface area contributed by atoms with Crippen molar-refractivity contribution in [3.05, 3.63) is 48.6 Å². The zero-order valence-corrected chi connectivity index (χ0v) is 10.4. The molecule has 1 atom stereocenters. The van der Waals surface area contributed by atoms with Gasteiger partial charge in [-0.3, -0.25) is 10.1 Å². The highest BCUT2D eigenvalue weighted by atomic mass is 19.4. The minimum atomic E-state index is -4.69. The van der Waals surface area contributed by atoms with Crippen LogP contribution in [0.15, 0.2) is 43.0 Å². The van der Waals surface area contributed by atoms with Gasteiger partial charge in [-0.25, -0.2) is 0 Å². The second-order valence-corrected chi connectivity index (χ2v) is 4.17. The summed E-state index contributed by atoms with van der Waals surface area (Å²) >= 11 is 0. The first-order valence-electron chi connectivity index (χ1n) is 5.98. The van der Waals surface area contributed by atoms with Gasteiger partial charge in [-0.1, -0.05) is 36.4 Å². The van der Waals surface area contributed by atoms with E-state index in [9.17, 15) is 18.0 Å². The summed E-state index contributed by atoms with van der Waals surface area (Å²) < 4.78 is 36.7. The van der Waals surface area contributed by atoms with E-state index in [1.165, 1.54) is 0 Å². The fraction of sp³-hybridized carbons (Fsp3) is 0.357. The molecular formula is C14H16F3NO. The molecule has 0 heterocycles. The number of amides is 1. The molecule has 0 aliphatic heterocycles. The molecule has 0 aliphatic rings. The highest BCUT2D eigenvalue weighted by Gasteiger charge is 2.33. The highest BCUT2D eigenvalue weighted by Crippen LogP contribution is 2.24. The molecule has 0 bridgehead atoms. The molecule has 1 amide bonds. The maximum atomic E-state index is 12.2.